The first-order valence-electron chi connectivity index (χ1n) is 9.90. The first-order valence-corrected chi connectivity index (χ1v) is 9.90. The van der Waals surface area contributed by atoms with Crippen LogP contribution in [0.5, 0.6) is 0 Å². The molecule has 130 valence electrons. The lowest BCUT2D eigenvalue weighted by molar-refractivity contribution is 0.877. The maximum atomic E-state index is 4.79. The quantitative estimate of drug-likeness (QED) is 0.407. The number of rotatable bonds is 1. The number of benzene rings is 3. The summed E-state index contributed by atoms with van der Waals surface area (Å²) in [6, 6.07) is 20.5. The number of nitrogens with zero attached hydrogens (tertiary/aromatic N) is 1. The van der Waals surface area contributed by atoms with E-state index in [9.17, 15) is 0 Å². The molecule has 0 radical (unpaired) electrons. The predicted octanol–water partition coefficient (Wildman–Crippen LogP) is 6.07. The molecule has 0 bridgehead atoms. The Kier molecular flexibility index (Phi) is 3.11. The van der Waals surface area contributed by atoms with Crippen LogP contribution in [0.4, 0.5) is 0 Å². The van der Waals surface area contributed by atoms with Gasteiger partial charge in [-0.25, -0.2) is 0 Å². The van der Waals surface area contributed by atoms with Crippen LogP contribution in [0, 0.1) is 6.92 Å². The highest BCUT2D eigenvalue weighted by Crippen LogP contribution is 2.44. The number of hydrogen-bond acceptors (Lipinski definition) is 1. The highest BCUT2D eigenvalue weighted by atomic mass is 14.7. The minimum Gasteiger partial charge on any atom is -0.256 e. The first kappa shape index (κ1) is 15.2. The largest absolute Gasteiger partial charge is 0.256 e. The average Bonchev–Trinajstić information content (AvgIpc) is 2.71. The van der Waals surface area contributed by atoms with Crippen LogP contribution >= 0.6 is 0 Å². The second kappa shape index (κ2) is 5.53. The summed E-state index contributed by atoms with van der Waals surface area (Å²) in [5.41, 5.74) is 12.8. The predicted molar refractivity (Wildman–Crippen MR) is 112 cm³/mol. The molecule has 0 saturated heterocycles. The van der Waals surface area contributed by atoms with Crippen LogP contribution in [0.2, 0.25) is 0 Å². The second-order valence-electron chi connectivity index (χ2n) is 8.00. The number of fused-ring (bicyclic) bond motifs is 1. The van der Waals surface area contributed by atoms with E-state index in [1.807, 2.05) is 6.20 Å². The van der Waals surface area contributed by atoms with Gasteiger partial charge in [0, 0.05) is 17.1 Å². The molecule has 0 N–H and O–H groups in total. The van der Waals surface area contributed by atoms with Crippen LogP contribution in [0.1, 0.15) is 27.8 Å². The zero-order chi connectivity index (χ0) is 18.0. The first-order chi connectivity index (χ1) is 13.3. The van der Waals surface area contributed by atoms with Crippen molar-refractivity contribution in [3.05, 3.63) is 88.6 Å². The van der Waals surface area contributed by atoms with Crippen molar-refractivity contribution in [3.8, 4) is 22.4 Å². The summed E-state index contributed by atoms with van der Waals surface area (Å²) in [4.78, 5) is 4.79. The van der Waals surface area contributed by atoms with E-state index < -0.39 is 0 Å². The number of hydrogen-bond donors (Lipinski definition) is 0. The number of pyridine rings is 1. The highest BCUT2D eigenvalue weighted by Gasteiger charge is 2.26. The Morgan fingerprint density at radius 2 is 1.37 bits per heavy atom. The van der Waals surface area contributed by atoms with Gasteiger partial charge in [0.25, 0.3) is 0 Å². The van der Waals surface area contributed by atoms with Gasteiger partial charge in [0.2, 0.25) is 0 Å². The van der Waals surface area contributed by atoms with Gasteiger partial charge >= 0.3 is 0 Å². The van der Waals surface area contributed by atoms with E-state index in [1.54, 1.807) is 0 Å². The minimum atomic E-state index is 1.12. The van der Waals surface area contributed by atoms with Crippen molar-refractivity contribution < 1.29 is 0 Å². The van der Waals surface area contributed by atoms with Gasteiger partial charge in [-0.15, -0.1) is 0 Å². The van der Waals surface area contributed by atoms with Crippen LogP contribution in [0.15, 0.2) is 60.8 Å². The van der Waals surface area contributed by atoms with Gasteiger partial charge in [0.15, 0.2) is 0 Å². The van der Waals surface area contributed by atoms with Crippen molar-refractivity contribution in [1.82, 2.24) is 4.98 Å². The zero-order valence-corrected chi connectivity index (χ0v) is 15.5. The third-order valence-electron chi connectivity index (χ3n) is 6.31. The molecule has 4 aromatic rings. The highest BCUT2D eigenvalue weighted by molar-refractivity contribution is 5.96. The Bertz CT molecular complexity index is 1190. The molecule has 1 heteroatoms. The summed E-state index contributed by atoms with van der Waals surface area (Å²) in [5.74, 6) is 0. The van der Waals surface area contributed by atoms with E-state index in [0.29, 0.717) is 0 Å². The maximum Gasteiger partial charge on any atom is 0.0780 e. The van der Waals surface area contributed by atoms with Crippen molar-refractivity contribution in [2.45, 2.75) is 32.6 Å². The fourth-order valence-electron chi connectivity index (χ4n) is 5.08. The third kappa shape index (κ3) is 2.21. The van der Waals surface area contributed by atoms with Gasteiger partial charge in [-0.2, -0.15) is 0 Å². The molecular weight excluding hydrogens is 326 g/mol. The van der Waals surface area contributed by atoms with Gasteiger partial charge in [-0.3, -0.25) is 4.98 Å². The molecule has 0 unspecified atom stereocenters. The van der Waals surface area contributed by atoms with Crippen LogP contribution < -0.4 is 0 Å². The van der Waals surface area contributed by atoms with E-state index in [4.69, 9.17) is 4.98 Å². The average molecular weight is 347 g/mol. The Morgan fingerprint density at radius 3 is 2.11 bits per heavy atom. The molecule has 0 fully saturated rings. The normalized spacial score (nSPS) is 14.3. The van der Waals surface area contributed by atoms with Crippen molar-refractivity contribution in [1.29, 1.82) is 0 Å². The van der Waals surface area contributed by atoms with Gasteiger partial charge in [0.1, 0.15) is 0 Å². The maximum absolute atomic E-state index is 4.79. The molecule has 2 aliphatic rings. The van der Waals surface area contributed by atoms with Gasteiger partial charge in [-0.05, 0) is 89.6 Å². The van der Waals surface area contributed by atoms with E-state index >= 15 is 0 Å². The molecule has 0 spiro atoms. The molecular formula is C26H21N. The fraction of sp³-hybridized carbons (Fsp3) is 0.192. The summed E-state index contributed by atoms with van der Waals surface area (Å²) in [5, 5.41) is 2.53. The Morgan fingerprint density at radius 1 is 0.704 bits per heavy atom. The topological polar surface area (TPSA) is 12.9 Å². The van der Waals surface area contributed by atoms with Crippen molar-refractivity contribution in [3.63, 3.8) is 0 Å². The molecule has 1 heterocycles. The van der Waals surface area contributed by atoms with E-state index in [2.05, 4.69) is 61.5 Å². The van der Waals surface area contributed by atoms with Crippen LogP contribution in [0.25, 0.3) is 33.2 Å². The molecule has 27 heavy (non-hydrogen) atoms. The molecule has 0 amide bonds. The fourth-order valence-corrected chi connectivity index (χ4v) is 5.08. The standard InChI is InChI=1S/C26H21N/c1-16-5-10-23-19(13-16)11-12-27-26(23)22-14-20-8-6-17-3-2-4-18-7-9-21(15-22)25(20)24(17)18/h2-5,10-15H,6-9H2,1H3. The molecule has 6 rings (SSSR count). The van der Waals surface area contributed by atoms with E-state index in [1.165, 1.54) is 55.3 Å². The van der Waals surface area contributed by atoms with E-state index in [-0.39, 0.29) is 0 Å². The van der Waals surface area contributed by atoms with Crippen LogP contribution in [-0.2, 0) is 25.7 Å². The molecule has 0 aliphatic heterocycles. The third-order valence-corrected chi connectivity index (χ3v) is 6.31. The molecule has 1 aromatic heterocycles. The lowest BCUT2D eigenvalue weighted by atomic mass is 9.74. The lowest BCUT2D eigenvalue weighted by Crippen LogP contribution is -2.14. The molecule has 3 aromatic carbocycles. The zero-order valence-electron chi connectivity index (χ0n) is 15.5. The molecule has 1 nitrogen and oxygen atoms in total. The second-order valence-corrected chi connectivity index (χ2v) is 8.00. The van der Waals surface area contributed by atoms with Crippen LogP contribution in [-0.4, -0.2) is 4.98 Å². The summed E-state index contributed by atoms with van der Waals surface area (Å²) in [6.07, 6.45) is 6.53. The number of aryl methyl sites for hydroxylation is 5. The molecule has 0 atom stereocenters. The monoisotopic (exact) mass is 347 g/mol. The molecule has 2 aliphatic carbocycles. The Balaban J connectivity index is 1.61. The van der Waals surface area contributed by atoms with Gasteiger partial charge in [-0.1, -0.05) is 42.0 Å². The van der Waals surface area contributed by atoms with E-state index in [0.717, 1.165) is 31.4 Å². The van der Waals surface area contributed by atoms with Gasteiger partial charge < -0.3 is 0 Å². The smallest absolute Gasteiger partial charge is 0.0780 e. The summed E-state index contributed by atoms with van der Waals surface area (Å²) in [6.45, 7) is 2.15. The minimum absolute atomic E-state index is 1.12. The SMILES string of the molecule is Cc1ccc2c(-c3cc4c5c(c3)CCc3cccc(c3-5)CC4)nccc2c1. The molecule has 0 saturated carbocycles. The van der Waals surface area contributed by atoms with Crippen LogP contribution in [0.3, 0.4) is 0 Å². The van der Waals surface area contributed by atoms with Crippen molar-refractivity contribution in [2.24, 2.45) is 0 Å². The summed E-state index contributed by atoms with van der Waals surface area (Å²) in [7, 11) is 0. The van der Waals surface area contributed by atoms with Gasteiger partial charge in [0.05, 0.1) is 5.69 Å². The number of aromatic nitrogens is 1. The Hall–Kier alpha value is -2.93. The summed E-state index contributed by atoms with van der Waals surface area (Å²) < 4.78 is 0. The summed E-state index contributed by atoms with van der Waals surface area (Å²) >= 11 is 0. The lowest BCUT2D eigenvalue weighted by Gasteiger charge is -2.30. The van der Waals surface area contributed by atoms with Crippen molar-refractivity contribution in [2.75, 3.05) is 0 Å². The van der Waals surface area contributed by atoms with Crippen molar-refractivity contribution >= 4 is 10.8 Å². The Labute approximate surface area is 159 Å².